The molecule has 0 atom stereocenters. The maximum Gasteiger partial charge on any atom is 0.259 e. The molecule has 2 aromatic carbocycles. The number of aromatic nitrogens is 1. The number of amides is 2. The second-order valence-corrected chi connectivity index (χ2v) is 6.87. The Morgan fingerprint density at radius 2 is 1.83 bits per heavy atom. The van der Waals surface area contributed by atoms with Crippen molar-refractivity contribution in [3.05, 3.63) is 65.9 Å². The van der Waals surface area contributed by atoms with Crippen molar-refractivity contribution in [2.24, 2.45) is 5.10 Å². The Morgan fingerprint density at radius 1 is 1.10 bits per heavy atom. The summed E-state index contributed by atoms with van der Waals surface area (Å²) < 4.78 is 5.45. The minimum absolute atomic E-state index is 0.0106. The summed E-state index contributed by atoms with van der Waals surface area (Å²) in [5.74, 6) is 0.307. The molecular formula is C22H24N4O3. The molecule has 0 saturated carbocycles. The van der Waals surface area contributed by atoms with Crippen LogP contribution in [0.15, 0.2) is 59.8 Å². The first-order chi connectivity index (χ1) is 13.9. The van der Waals surface area contributed by atoms with Crippen LogP contribution in [0.4, 0.5) is 0 Å². The number of hydrazone groups is 1. The van der Waals surface area contributed by atoms with Crippen LogP contribution in [0.25, 0.3) is 10.9 Å². The highest BCUT2D eigenvalue weighted by atomic mass is 16.5. The summed E-state index contributed by atoms with van der Waals surface area (Å²) in [6.07, 6.45) is 2.09. The normalized spacial score (nSPS) is 11.3. The molecule has 0 aliphatic carbocycles. The molecule has 0 bridgehead atoms. The number of carbonyl (C=O) groups excluding carboxylic acids is 2. The average Bonchev–Trinajstić information content (AvgIpc) is 3.13. The third-order valence-electron chi connectivity index (χ3n) is 4.51. The van der Waals surface area contributed by atoms with Crippen LogP contribution in [-0.4, -0.2) is 48.1 Å². The monoisotopic (exact) mass is 392 g/mol. The molecule has 2 amide bonds. The number of nitrogens with one attached hydrogen (secondary N) is 2. The van der Waals surface area contributed by atoms with E-state index in [1.807, 2.05) is 49.5 Å². The lowest BCUT2D eigenvalue weighted by Gasteiger charge is -2.11. The number of hydrogen-bond donors (Lipinski definition) is 2. The number of H-pyrrole nitrogens is 1. The van der Waals surface area contributed by atoms with E-state index in [1.54, 1.807) is 26.2 Å². The van der Waals surface area contributed by atoms with Gasteiger partial charge >= 0.3 is 0 Å². The van der Waals surface area contributed by atoms with Crippen molar-refractivity contribution < 1.29 is 14.3 Å². The molecule has 29 heavy (non-hydrogen) atoms. The maximum absolute atomic E-state index is 12.3. The van der Waals surface area contributed by atoms with Gasteiger partial charge in [-0.05, 0) is 48.4 Å². The lowest BCUT2D eigenvalue weighted by Crippen LogP contribution is -2.27. The standard InChI is InChI=1S/C22H24N4O3/c1-15(16-8-10-18(11-9-16)29-14-22(28)26(2)3)24-25-21(27)12-17-13-23-20-7-5-4-6-19(17)20/h4-11,13,23H,12,14H2,1-3H3,(H,25,27)/b24-15+. The van der Waals surface area contributed by atoms with Gasteiger partial charge in [-0.3, -0.25) is 9.59 Å². The smallest absolute Gasteiger partial charge is 0.259 e. The number of fused-ring (bicyclic) bond motifs is 1. The van der Waals surface area contributed by atoms with Crippen LogP contribution < -0.4 is 10.2 Å². The Balaban J connectivity index is 1.56. The number of ether oxygens (including phenoxy) is 1. The second-order valence-electron chi connectivity index (χ2n) is 6.87. The van der Waals surface area contributed by atoms with E-state index < -0.39 is 0 Å². The summed E-state index contributed by atoms with van der Waals surface area (Å²) >= 11 is 0. The molecule has 1 heterocycles. The number of benzene rings is 2. The lowest BCUT2D eigenvalue weighted by atomic mass is 10.1. The van der Waals surface area contributed by atoms with Gasteiger partial charge in [-0.2, -0.15) is 5.10 Å². The Bertz CT molecular complexity index is 1040. The highest BCUT2D eigenvalue weighted by molar-refractivity contribution is 5.99. The summed E-state index contributed by atoms with van der Waals surface area (Å²) in [7, 11) is 3.36. The predicted molar refractivity (Wildman–Crippen MR) is 113 cm³/mol. The fourth-order valence-corrected chi connectivity index (χ4v) is 2.77. The van der Waals surface area contributed by atoms with E-state index in [0.717, 1.165) is 22.0 Å². The number of likely N-dealkylation sites (N-methyl/N-ethyl adjacent to an activating group) is 1. The van der Waals surface area contributed by atoms with E-state index in [9.17, 15) is 9.59 Å². The Hall–Kier alpha value is -3.61. The fourth-order valence-electron chi connectivity index (χ4n) is 2.77. The van der Waals surface area contributed by atoms with Gasteiger partial charge < -0.3 is 14.6 Å². The van der Waals surface area contributed by atoms with Gasteiger partial charge in [-0.15, -0.1) is 0 Å². The highest BCUT2D eigenvalue weighted by Crippen LogP contribution is 2.18. The first-order valence-electron chi connectivity index (χ1n) is 9.25. The van der Waals surface area contributed by atoms with Gasteiger partial charge in [0.05, 0.1) is 12.1 Å². The second kappa shape index (κ2) is 9.05. The molecule has 0 fully saturated rings. The number of nitrogens with zero attached hydrogens (tertiary/aromatic N) is 2. The van der Waals surface area contributed by atoms with E-state index in [0.29, 0.717) is 11.5 Å². The lowest BCUT2D eigenvalue weighted by molar-refractivity contribution is -0.130. The molecule has 2 N–H and O–H groups in total. The molecule has 1 aromatic heterocycles. The number of aromatic amines is 1. The number of para-hydroxylation sites is 1. The topological polar surface area (TPSA) is 86.8 Å². The molecule has 7 nitrogen and oxygen atoms in total. The first-order valence-corrected chi connectivity index (χ1v) is 9.25. The molecule has 3 rings (SSSR count). The van der Waals surface area contributed by atoms with Crippen molar-refractivity contribution in [1.82, 2.24) is 15.3 Å². The molecule has 3 aromatic rings. The SMILES string of the molecule is C/C(=N\NC(=O)Cc1c[nH]c2ccccc12)c1ccc(OCC(=O)N(C)C)cc1. The molecule has 150 valence electrons. The number of hydrogen-bond acceptors (Lipinski definition) is 4. The van der Waals surface area contributed by atoms with Gasteiger partial charge in [0.1, 0.15) is 5.75 Å². The zero-order valence-electron chi connectivity index (χ0n) is 16.7. The molecule has 0 unspecified atom stereocenters. The van der Waals surface area contributed by atoms with Crippen LogP contribution >= 0.6 is 0 Å². The third-order valence-corrected chi connectivity index (χ3v) is 4.51. The molecule has 0 radical (unpaired) electrons. The maximum atomic E-state index is 12.3. The van der Waals surface area contributed by atoms with Crippen molar-refractivity contribution in [3.8, 4) is 5.75 Å². The Labute approximate surface area is 169 Å². The highest BCUT2D eigenvalue weighted by Gasteiger charge is 2.09. The zero-order valence-corrected chi connectivity index (χ0v) is 16.7. The van der Waals surface area contributed by atoms with Crippen LogP contribution in [0.1, 0.15) is 18.1 Å². The number of carbonyl (C=O) groups is 2. The van der Waals surface area contributed by atoms with Crippen LogP contribution in [0.3, 0.4) is 0 Å². The van der Waals surface area contributed by atoms with Crippen LogP contribution in [0.5, 0.6) is 5.75 Å². The van der Waals surface area contributed by atoms with E-state index in [1.165, 1.54) is 4.90 Å². The minimum atomic E-state index is -0.184. The minimum Gasteiger partial charge on any atom is -0.484 e. The van der Waals surface area contributed by atoms with E-state index in [-0.39, 0.29) is 24.8 Å². The van der Waals surface area contributed by atoms with Crippen LogP contribution in [0, 0.1) is 0 Å². The number of rotatable bonds is 7. The predicted octanol–water partition coefficient (Wildman–Crippen LogP) is 2.72. The summed E-state index contributed by atoms with van der Waals surface area (Å²) in [6, 6.07) is 15.1. The summed E-state index contributed by atoms with van der Waals surface area (Å²) in [5, 5.41) is 5.22. The van der Waals surface area contributed by atoms with Gasteiger partial charge in [-0.1, -0.05) is 18.2 Å². The molecular weight excluding hydrogens is 368 g/mol. The molecule has 0 spiro atoms. The van der Waals surface area contributed by atoms with Crippen LogP contribution in [0.2, 0.25) is 0 Å². The van der Waals surface area contributed by atoms with E-state index >= 15 is 0 Å². The van der Waals surface area contributed by atoms with Crippen LogP contribution in [-0.2, 0) is 16.0 Å². The van der Waals surface area contributed by atoms with Crippen molar-refractivity contribution in [3.63, 3.8) is 0 Å². The van der Waals surface area contributed by atoms with Crippen molar-refractivity contribution in [2.75, 3.05) is 20.7 Å². The molecule has 0 aliphatic heterocycles. The zero-order chi connectivity index (χ0) is 20.8. The van der Waals surface area contributed by atoms with Crippen molar-refractivity contribution >= 4 is 28.4 Å². The van der Waals surface area contributed by atoms with Gasteiger partial charge in [0.25, 0.3) is 5.91 Å². The fraction of sp³-hybridized carbons (Fsp3) is 0.227. The van der Waals surface area contributed by atoms with Gasteiger partial charge in [0.2, 0.25) is 5.91 Å². The van der Waals surface area contributed by atoms with Gasteiger partial charge in [0, 0.05) is 31.2 Å². The summed E-state index contributed by atoms with van der Waals surface area (Å²) in [4.78, 5) is 28.5. The van der Waals surface area contributed by atoms with Crippen molar-refractivity contribution in [1.29, 1.82) is 0 Å². The summed E-state index contributed by atoms with van der Waals surface area (Å²) in [5.41, 5.74) is 6.06. The van der Waals surface area contributed by atoms with E-state index in [4.69, 9.17) is 4.74 Å². The quantitative estimate of drug-likeness (QED) is 0.479. The van der Waals surface area contributed by atoms with Gasteiger partial charge in [0.15, 0.2) is 6.61 Å². The van der Waals surface area contributed by atoms with E-state index in [2.05, 4.69) is 15.5 Å². The molecule has 0 saturated heterocycles. The first kappa shape index (κ1) is 20.1. The molecule has 0 aliphatic rings. The largest absolute Gasteiger partial charge is 0.484 e. The van der Waals surface area contributed by atoms with Gasteiger partial charge in [-0.25, -0.2) is 5.43 Å². The van der Waals surface area contributed by atoms with Crippen molar-refractivity contribution in [2.45, 2.75) is 13.3 Å². The molecule has 7 heteroatoms. The Kier molecular flexibility index (Phi) is 6.29. The third kappa shape index (κ3) is 5.22. The summed E-state index contributed by atoms with van der Waals surface area (Å²) in [6.45, 7) is 1.81. The Morgan fingerprint density at radius 3 is 2.55 bits per heavy atom. The average molecular weight is 392 g/mol.